The lowest BCUT2D eigenvalue weighted by atomic mass is 9.67. The van der Waals surface area contributed by atoms with Crippen LogP contribution in [0.4, 0.5) is 0 Å². The van der Waals surface area contributed by atoms with Crippen molar-refractivity contribution in [2.75, 3.05) is 0 Å². The van der Waals surface area contributed by atoms with E-state index in [4.69, 9.17) is 15.0 Å². The van der Waals surface area contributed by atoms with E-state index in [2.05, 4.69) is 163 Å². The van der Waals surface area contributed by atoms with Crippen molar-refractivity contribution in [1.29, 1.82) is 0 Å². The van der Waals surface area contributed by atoms with Crippen LogP contribution >= 0.6 is 0 Å². The second-order valence-corrected chi connectivity index (χ2v) is 13.9. The minimum Gasteiger partial charge on any atom is -0.264 e. The van der Waals surface area contributed by atoms with Crippen LogP contribution in [0.1, 0.15) is 22.3 Å². The number of aromatic nitrogens is 4. The molecule has 258 valence electrons. The van der Waals surface area contributed by atoms with Gasteiger partial charge in [0.2, 0.25) is 0 Å². The summed E-state index contributed by atoms with van der Waals surface area (Å²) in [6.45, 7) is 0. The van der Waals surface area contributed by atoms with Gasteiger partial charge in [0.15, 0.2) is 17.5 Å². The molecule has 0 N–H and O–H groups in total. The maximum absolute atomic E-state index is 5.09. The third-order valence-corrected chi connectivity index (χ3v) is 10.7. The lowest BCUT2D eigenvalue weighted by Crippen LogP contribution is -2.28. The first-order chi connectivity index (χ1) is 27.3. The van der Waals surface area contributed by atoms with Crippen molar-refractivity contribution in [3.63, 3.8) is 0 Å². The van der Waals surface area contributed by atoms with Gasteiger partial charge >= 0.3 is 0 Å². The van der Waals surface area contributed by atoms with Gasteiger partial charge in [-0.15, -0.1) is 0 Å². The van der Waals surface area contributed by atoms with Crippen LogP contribution in [-0.2, 0) is 5.41 Å². The summed E-state index contributed by atoms with van der Waals surface area (Å²) in [7, 11) is 0. The first-order valence-corrected chi connectivity index (χ1v) is 18.5. The lowest BCUT2D eigenvalue weighted by molar-refractivity contribution is 0.769. The standard InChI is InChI=1S/C51H34N4/c1-4-14-36(15-5-1)48-53-49(37-27-25-35(26-28-37)41-18-13-31-52-34-41)55-50(54-48)40-17-12-16-38(32-40)39-29-30-45-44-23-10-11-24-46(44)51(47(45)33-39,42-19-6-2-7-20-42)43-21-8-3-9-22-43/h1-34H. The Morgan fingerprint density at radius 1 is 0.309 bits per heavy atom. The topological polar surface area (TPSA) is 51.6 Å². The maximum Gasteiger partial charge on any atom is 0.164 e. The maximum atomic E-state index is 5.09. The van der Waals surface area contributed by atoms with Crippen LogP contribution in [-0.4, -0.2) is 19.9 Å². The van der Waals surface area contributed by atoms with Gasteiger partial charge in [0.25, 0.3) is 0 Å². The van der Waals surface area contributed by atoms with E-state index in [1.165, 1.54) is 33.4 Å². The molecule has 55 heavy (non-hydrogen) atoms. The van der Waals surface area contributed by atoms with Gasteiger partial charge in [-0.25, -0.2) is 15.0 Å². The molecule has 2 aromatic heterocycles. The second-order valence-electron chi connectivity index (χ2n) is 13.9. The van der Waals surface area contributed by atoms with Crippen LogP contribution in [0.25, 0.3) is 67.5 Å². The number of hydrogen-bond acceptors (Lipinski definition) is 4. The monoisotopic (exact) mass is 702 g/mol. The molecule has 0 amide bonds. The first kappa shape index (κ1) is 32.4. The minimum atomic E-state index is -0.470. The molecule has 0 saturated heterocycles. The van der Waals surface area contributed by atoms with E-state index in [-0.39, 0.29) is 0 Å². The van der Waals surface area contributed by atoms with Crippen LogP contribution in [0.2, 0.25) is 0 Å². The predicted molar refractivity (Wildman–Crippen MR) is 222 cm³/mol. The van der Waals surface area contributed by atoms with Crippen LogP contribution in [0.15, 0.2) is 207 Å². The summed E-state index contributed by atoms with van der Waals surface area (Å²) in [5.41, 5.74) is 14.3. The third kappa shape index (κ3) is 5.63. The van der Waals surface area contributed by atoms with Crippen molar-refractivity contribution in [3.8, 4) is 67.5 Å². The number of hydrogen-bond donors (Lipinski definition) is 0. The molecule has 10 rings (SSSR count). The smallest absolute Gasteiger partial charge is 0.164 e. The SMILES string of the molecule is c1ccc(-c2nc(-c3ccc(-c4cccnc4)cc3)nc(-c3cccc(-c4ccc5c(c4)C(c4ccccc4)(c4ccccc4)c4ccccc4-5)c3)n2)cc1. The van der Waals surface area contributed by atoms with Crippen molar-refractivity contribution >= 4 is 0 Å². The lowest BCUT2D eigenvalue weighted by Gasteiger charge is -2.34. The Labute approximate surface area is 320 Å². The molecular weight excluding hydrogens is 669 g/mol. The first-order valence-electron chi connectivity index (χ1n) is 18.5. The van der Waals surface area contributed by atoms with Gasteiger partial charge in [-0.05, 0) is 73.8 Å². The van der Waals surface area contributed by atoms with Crippen LogP contribution in [0.5, 0.6) is 0 Å². The van der Waals surface area contributed by atoms with E-state index >= 15 is 0 Å². The summed E-state index contributed by atoms with van der Waals surface area (Å²) in [6.07, 6.45) is 3.66. The summed E-state index contributed by atoms with van der Waals surface area (Å²) >= 11 is 0. The fourth-order valence-electron chi connectivity index (χ4n) is 8.16. The Kier molecular flexibility index (Phi) is 8.00. The average Bonchev–Trinajstić information content (AvgIpc) is 3.58. The molecule has 1 aliphatic rings. The third-order valence-electron chi connectivity index (χ3n) is 10.7. The van der Waals surface area contributed by atoms with Crippen LogP contribution in [0.3, 0.4) is 0 Å². The average molecular weight is 703 g/mol. The molecule has 1 aliphatic carbocycles. The Morgan fingerprint density at radius 3 is 1.47 bits per heavy atom. The largest absolute Gasteiger partial charge is 0.264 e. The number of fused-ring (bicyclic) bond motifs is 3. The number of rotatable bonds is 7. The number of nitrogens with zero attached hydrogens (tertiary/aromatic N) is 4. The Hall–Kier alpha value is -7.30. The van der Waals surface area contributed by atoms with Crippen LogP contribution in [0, 0.1) is 0 Å². The molecular formula is C51H34N4. The summed E-state index contributed by atoms with van der Waals surface area (Å²) in [4.78, 5) is 19.4. The summed E-state index contributed by atoms with van der Waals surface area (Å²) in [5, 5.41) is 0. The summed E-state index contributed by atoms with van der Waals surface area (Å²) in [6, 6.07) is 68.7. The summed E-state index contributed by atoms with van der Waals surface area (Å²) < 4.78 is 0. The molecule has 0 radical (unpaired) electrons. The Balaban J connectivity index is 1.11. The van der Waals surface area contributed by atoms with Crippen molar-refractivity contribution in [1.82, 2.24) is 19.9 Å². The molecule has 0 fully saturated rings. The fourth-order valence-corrected chi connectivity index (χ4v) is 8.16. The van der Waals surface area contributed by atoms with Gasteiger partial charge in [0.05, 0.1) is 5.41 Å². The van der Waals surface area contributed by atoms with E-state index in [9.17, 15) is 0 Å². The molecule has 4 heteroatoms. The van der Waals surface area contributed by atoms with Gasteiger partial charge in [-0.1, -0.05) is 176 Å². The molecule has 2 heterocycles. The molecule has 0 spiro atoms. The van der Waals surface area contributed by atoms with Gasteiger partial charge < -0.3 is 0 Å². The van der Waals surface area contributed by atoms with Gasteiger partial charge in [-0.3, -0.25) is 4.98 Å². The molecule has 4 nitrogen and oxygen atoms in total. The van der Waals surface area contributed by atoms with Gasteiger partial charge in [0, 0.05) is 29.1 Å². The molecule has 0 aliphatic heterocycles. The van der Waals surface area contributed by atoms with Crippen LogP contribution < -0.4 is 0 Å². The molecule has 7 aromatic carbocycles. The Morgan fingerprint density at radius 2 is 0.800 bits per heavy atom. The number of benzene rings is 7. The van der Waals surface area contributed by atoms with E-state index in [1.54, 1.807) is 6.20 Å². The minimum absolute atomic E-state index is 0.470. The normalized spacial score (nSPS) is 12.5. The zero-order valence-electron chi connectivity index (χ0n) is 29.9. The highest BCUT2D eigenvalue weighted by molar-refractivity contribution is 5.88. The number of pyridine rings is 1. The van der Waals surface area contributed by atoms with Gasteiger partial charge in [-0.2, -0.15) is 0 Å². The predicted octanol–water partition coefficient (Wildman–Crippen LogP) is 12.0. The van der Waals surface area contributed by atoms with E-state index in [1.807, 2.05) is 42.6 Å². The van der Waals surface area contributed by atoms with E-state index < -0.39 is 5.41 Å². The quantitative estimate of drug-likeness (QED) is 0.166. The molecule has 0 bridgehead atoms. The molecule has 9 aromatic rings. The van der Waals surface area contributed by atoms with Gasteiger partial charge in [0.1, 0.15) is 0 Å². The van der Waals surface area contributed by atoms with E-state index in [0.29, 0.717) is 17.5 Å². The van der Waals surface area contributed by atoms with Crippen molar-refractivity contribution < 1.29 is 0 Å². The molecule has 0 atom stereocenters. The highest BCUT2D eigenvalue weighted by atomic mass is 15.0. The Bertz CT molecular complexity index is 2740. The zero-order valence-corrected chi connectivity index (χ0v) is 29.9. The fraction of sp³-hybridized carbons (Fsp3) is 0.0196. The van der Waals surface area contributed by atoms with E-state index in [0.717, 1.165) is 38.9 Å². The highest BCUT2D eigenvalue weighted by Gasteiger charge is 2.46. The molecule has 0 unspecified atom stereocenters. The highest BCUT2D eigenvalue weighted by Crippen LogP contribution is 2.56. The molecule has 0 saturated carbocycles. The van der Waals surface area contributed by atoms with Crippen molar-refractivity contribution in [2.24, 2.45) is 0 Å². The second kappa shape index (κ2) is 13.6. The van der Waals surface area contributed by atoms with Crippen molar-refractivity contribution in [3.05, 3.63) is 229 Å². The zero-order chi connectivity index (χ0) is 36.6. The van der Waals surface area contributed by atoms with Crippen molar-refractivity contribution in [2.45, 2.75) is 5.41 Å². The summed E-state index contributed by atoms with van der Waals surface area (Å²) in [5.74, 6) is 1.88.